The molecule has 1 saturated heterocycles. The highest BCUT2D eigenvalue weighted by Crippen LogP contribution is 2.33. The second kappa shape index (κ2) is 2.89. The summed E-state index contributed by atoms with van der Waals surface area (Å²) in [6, 6.07) is 0.934. The molecular weight excluding hydrogens is 134 g/mol. The van der Waals surface area contributed by atoms with Crippen LogP contribution >= 0.6 is 12.4 Å². The molecule has 0 bridgehead atoms. The van der Waals surface area contributed by atoms with Gasteiger partial charge in [-0.25, -0.2) is 0 Å². The van der Waals surface area contributed by atoms with Crippen molar-refractivity contribution in [1.82, 2.24) is 5.32 Å². The highest BCUT2D eigenvalue weighted by molar-refractivity contribution is 5.85. The monoisotopic (exact) mass is 147 g/mol. The van der Waals surface area contributed by atoms with Crippen molar-refractivity contribution in [3.8, 4) is 0 Å². The summed E-state index contributed by atoms with van der Waals surface area (Å²) in [6.07, 6.45) is 5.86. The van der Waals surface area contributed by atoms with Gasteiger partial charge in [-0.15, -0.1) is 12.4 Å². The summed E-state index contributed by atoms with van der Waals surface area (Å²) in [4.78, 5) is 0. The van der Waals surface area contributed by atoms with Gasteiger partial charge < -0.3 is 5.32 Å². The molecule has 1 saturated carbocycles. The van der Waals surface area contributed by atoms with Gasteiger partial charge in [0, 0.05) is 6.04 Å². The van der Waals surface area contributed by atoms with E-state index in [1.807, 2.05) is 0 Å². The lowest BCUT2D eigenvalue weighted by atomic mass is 9.75. The number of rotatable bonds is 0. The minimum atomic E-state index is 0. The lowest BCUT2D eigenvalue weighted by Crippen LogP contribution is -2.47. The van der Waals surface area contributed by atoms with Crippen LogP contribution in [-0.2, 0) is 0 Å². The van der Waals surface area contributed by atoms with Crippen LogP contribution in [0.2, 0.25) is 0 Å². The third-order valence-corrected chi connectivity index (χ3v) is 2.58. The molecule has 9 heavy (non-hydrogen) atoms. The third kappa shape index (κ3) is 1.22. The highest BCUT2D eigenvalue weighted by Gasteiger charge is 2.31. The van der Waals surface area contributed by atoms with E-state index >= 15 is 0 Å². The fourth-order valence-corrected chi connectivity index (χ4v) is 1.83. The Morgan fingerprint density at radius 3 is 2.33 bits per heavy atom. The molecule has 0 amide bonds. The van der Waals surface area contributed by atoms with Crippen molar-refractivity contribution in [3.05, 3.63) is 0 Å². The molecule has 0 radical (unpaired) electrons. The molecule has 0 aromatic rings. The fourth-order valence-electron chi connectivity index (χ4n) is 1.83. The topological polar surface area (TPSA) is 12.0 Å². The predicted octanol–water partition coefficient (Wildman–Crippen LogP) is 1.57. The van der Waals surface area contributed by atoms with Crippen molar-refractivity contribution >= 4 is 12.4 Å². The maximum atomic E-state index is 3.52. The van der Waals surface area contributed by atoms with Crippen LogP contribution in [0.25, 0.3) is 0 Å². The maximum Gasteiger partial charge on any atom is 0.00954 e. The summed E-state index contributed by atoms with van der Waals surface area (Å²) in [5.41, 5.74) is 0. The minimum absolute atomic E-state index is 0. The highest BCUT2D eigenvalue weighted by atomic mass is 35.5. The number of piperidine rings is 1. The lowest BCUT2D eigenvalue weighted by Gasteiger charge is -2.41. The molecule has 2 unspecified atom stereocenters. The van der Waals surface area contributed by atoms with Crippen LogP contribution in [0.5, 0.6) is 0 Å². The van der Waals surface area contributed by atoms with E-state index in [9.17, 15) is 0 Å². The van der Waals surface area contributed by atoms with E-state index in [1.54, 1.807) is 0 Å². The summed E-state index contributed by atoms with van der Waals surface area (Å²) < 4.78 is 0. The second-order valence-corrected chi connectivity index (χ2v) is 3.04. The average Bonchev–Trinajstić information content (AvgIpc) is 1.72. The molecule has 1 nitrogen and oxygen atoms in total. The quantitative estimate of drug-likeness (QED) is 0.549. The van der Waals surface area contributed by atoms with Gasteiger partial charge in [0.15, 0.2) is 0 Å². The van der Waals surface area contributed by atoms with Gasteiger partial charge in [-0.2, -0.15) is 0 Å². The van der Waals surface area contributed by atoms with Gasteiger partial charge in [0.25, 0.3) is 0 Å². The van der Waals surface area contributed by atoms with Crippen LogP contribution in [-0.4, -0.2) is 12.6 Å². The third-order valence-electron chi connectivity index (χ3n) is 2.58. The Hall–Kier alpha value is 0.250. The predicted molar refractivity (Wildman–Crippen MR) is 41.0 cm³/mol. The molecule has 1 N–H and O–H groups in total. The van der Waals surface area contributed by atoms with E-state index in [4.69, 9.17) is 0 Å². The Labute approximate surface area is 62.6 Å². The molecule has 2 fully saturated rings. The molecule has 0 aromatic carbocycles. The number of halogens is 1. The Kier molecular flexibility index (Phi) is 2.36. The SMILES string of the molecule is C1CNC2CCC2C1.Cl. The smallest absolute Gasteiger partial charge is 0.00954 e. The van der Waals surface area contributed by atoms with Crippen molar-refractivity contribution < 1.29 is 0 Å². The van der Waals surface area contributed by atoms with Crippen LogP contribution in [0.4, 0.5) is 0 Å². The summed E-state index contributed by atoms with van der Waals surface area (Å²) in [5, 5.41) is 3.52. The van der Waals surface area contributed by atoms with Gasteiger partial charge in [0.05, 0.1) is 0 Å². The number of hydrogen-bond acceptors (Lipinski definition) is 1. The maximum absolute atomic E-state index is 3.52. The van der Waals surface area contributed by atoms with Crippen LogP contribution in [0.3, 0.4) is 0 Å². The average molecular weight is 148 g/mol. The largest absolute Gasteiger partial charge is 0.314 e. The molecular formula is C7H14ClN. The van der Waals surface area contributed by atoms with Crippen molar-refractivity contribution in [2.75, 3.05) is 6.54 Å². The first-order valence-electron chi connectivity index (χ1n) is 3.70. The van der Waals surface area contributed by atoms with E-state index in [-0.39, 0.29) is 12.4 Å². The summed E-state index contributed by atoms with van der Waals surface area (Å²) in [6.45, 7) is 1.28. The van der Waals surface area contributed by atoms with Crippen molar-refractivity contribution in [3.63, 3.8) is 0 Å². The minimum Gasteiger partial charge on any atom is -0.314 e. The molecule has 2 atom stereocenters. The Morgan fingerprint density at radius 2 is 2.00 bits per heavy atom. The molecule has 1 heterocycles. The zero-order valence-corrected chi connectivity index (χ0v) is 6.41. The Bertz CT molecular complexity index is 82.9. The molecule has 1 aliphatic carbocycles. The van der Waals surface area contributed by atoms with E-state index in [2.05, 4.69) is 5.32 Å². The second-order valence-electron chi connectivity index (χ2n) is 3.04. The molecule has 54 valence electrons. The van der Waals surface area contributed by atoms with Gasteiger partial charge in [-0.05, 0) is 38.1 Å². The number of fused-ring (bicyclic) bond motifs is 1. The molecule has 1 aliphatic heterocycles. The summed E-state index contributed by atoms with van der Waals surface area (Å²) in [7, 11) is 0. The summed E-state index contributed by atoms with van der Waals surface area (Å²) in [5.74, 6) is 1.07. The van der Waals surface area contributed by atoms with E-state index in [1.165, 1.54) is 32.2 Å². The summed E-state index contributed by atoms with van der Waals surface area (Å²) >= 11 is 0. The van der Waals surface area contributed by atoms with Gasteiger partial charge in [0.2, 0.25) is 0 Å². The van der Waals surface area contributed by atoms with E-state index in [0.717, 1.165) is 12.0 Å². The first-order valence-corrected chi connectivity index (χ1v) is 3.70. The molecule has 2 heteroatoms. The molecule has 0 spiro atoms. The first-order chi connectivity index (χ1) is 3.97. The van der Waals surface area contributed by atoms with Gasteiger partial charge in [-0.1, -0.05) is 0 Å². The zero-order valence-electron chi connectivity index (χ0n) is 5.60. The first kappa shape index (κ1) is 7.36. The van der Waals surface area contributed by atoms with Crippen LogP contribution in [0.1, 0.15) is 25.7 Å². The van der Waals surface area contributed by atoms with Crippen LogP contribution in [0.15, 0.2) is 0 Å². The lowest BCUT2D eigenvalue weighted by molar-refractivity contribution is 0.161. The molecule has 2 rings (SSSR count). The van der Waals surface area contributed by atoms with E-state index in [0.29, 0.717) is 0 Å². The number of nitrogens with one attached hydrogen (secondary N) is 1. The Balaban J connectivity index is 0.000000405. The number of hydrogen-bond donors (Lipinski definition) is 1. The van der Waals surface area contributed by atoms with Crippen LogP contribution in [0, 0.1) is 5.92 Å². The fraction of sp³-hybridized carbons (Fsp3) is 1.00. The van der Waals surface area contributed by atoms with Gasteiger partial charge in [0.1, 0.15) is 0 Å². The molecule has 2 aliphatic rings. The standard InChI is InChI=1S/C7H13N.ClH/c1-2-6-3-4-7(6)8-5-1;/h6-8H,1-5H2;1H. The van der Waals surface area contributed by atoms with Gasteiger partial charge >= 0.3 is 0 Å². The van der Waals surface area contributed by atoms with Crippen LogP contribution < -0.4 is 5.32 Å². The Morgan fingerprint density at radius 1 is 1.11 bits per heavy atom. The normalized spacial score (nSPS) is 40.0. The van der Waals surface area contributed by atoms with Crippen molar-refractivity contribution in [2.24, 2.45) is 5.92 Å². The zero-order chi connectivity index (χ0) is 5.40. The van der Waals surface area contributed by atoms with Crippen molar-refractivity contribution in [2.45, 2.75) is 31.7 Å². The van der Waals surface area contributed by atoms with Gasteiger partial charge in [-0.3, -0.25) is 0 Å². The van der Waals surface area contributed by atoms with Crippen molar-refractivity contribution in [1.29, 1.82) is 0 Å². The van der Waals surface area contributed by atoms with E-state index < -0.39 is 0 Å². The molecule has 0 aromatic heterocycles.